The standard InChI is InChI=1S/C18H23F2N3O3S2/c1-3-13-10-14(12(2)22-17(13)24)15-4-5-16(27-15)28(25,26)21-7-9-23-8-6-18(19,20)11-23/h4-5,10,21H,3,6-9,11H2,1-2H3,(H,22,24). The number of hydrogen-bond acceptors (Lipinski definition) is 5. The second kappa shape index (κ2) is 8.02. The van der Waals surface area contributed by atoms with E-state index < -0.39 is 15.9 Å². The van der Waals surface area contributed by atoms with E-state index in [1.807, 2.05) is 6.92 Å². The van der Waals surface area contributed by atoms with Crippen LogP contribution in [0.4, 0.5) is 8.78 Å². The number of alkyl halides is 2. The SMILES string of the molecule is CCc1cc(-c2ccc(S(=O)(=O)NCCN3CCC(F)(F)C3)s2)c(C)[nH]c1=O. The maximum Gasteiger partial charge on any atom is 0.261 e. The molecule has 0 aliphatic carbocycles. The lowest BCUT2D eigenvalue weighted by Crippen LogP contribution is -2.34. The topological polar surface area (TPSA) is 82.3 Å². The van der Waals surface area contributed by atoms with E-state index in [0.29, 0.717) is 17.7 Å². The van der Waals surface area contributed by atoms with E-state index in [-0.39, 0.29) is 42.4 Å². The van der Waals surface area contributed by atoms with Crippen LogP contribution in [-0.4, -0.2) is 50.4 Å². The minimum atomic E-state index is -3.72. The Balaban J connectivity index is 1.70. The highest BCUT2D eigenvalue weighted by Gasteiger charge is 2.37. The van der Waals surface area contributed by atoms with Gasteiger partial charge in [0.15, 0.2) is 0 Å². The summed E-state index contributed by atoms with van der Waals surface area (Å²) in [6, 6.07) is 5.01. The van der Waals surface area contributed by atoms with Crippen LogP contribution in [0.1, 0.15) is 24.6 Å². The van der Waals surface area contributed by atoms with E-state index in [0.717, 1.165) is 21.8 Å². The number of nitrogens with one attached hydrogen (secondary N) is 2. The molecule has 0 atom stereocenters. The number of likely N-dealkylation sites (tertiary alicyclic amines) is 1. The summed E-state index contributed by atoms with van der Waals surface area (Å²) >= 11 is 1.11. The van der Waals surface area contributed by atoms with E-state index >= 15 is 0 Å². The second-order valence-corrected chi connectivity index (χ2v) is 9.99. The van der Waals surface area contributed by atoms with Crippen molar-refractivity contribution in [2.75, 3.05) is 26.2 Å². The van der Waals surface area contributed by atoms with Gasteiger partial charge in [-0.05, 0) is 31.5 Å². The highest BCUT2D eigenvalue weighted by atomic mass is 32.2. The summed E-state index contributed by atoms with van der Waals surface area (Å²) in [6.07, 6.45) is 0.391. The average molecular weight is 432 g/mol. The van der Waals surface area contributed by atoms with Gasteiger partial charge in [-0.25, -0.2) is 21.9 Å². The molecule has 2 aromatic rings. The molecule has 0 unspecified atom stereocenters. The molecule has 1 fully saturated rings. The smallest absolute Gasteiger partial charge is 0.261 e. The summed E-state index contributed by atoms with van der Waals surface area (Å²) in [5.74, 6) is -2.69. The third-order valence-corrected chi connectivity index (χ3v) is 7.85. The summed E-state index contributed by atoms with van der Waals surface area (Å²) in [5.41, 5.74) is 1.97. The normalized spacial score (nSPS) is 17.3. The molecule has 0 radical (unpaired) electrons. The van der Waals surface area contributed by atoms with Gasteiger partial charge in [0.1, 0.15) is 4.21 Å². The Kier molecular flexibility index (Phi) is 6.04. The molecule has 0 aromatic carbocycles. The van der Waals surface area contributed by atoms with Gasteiger partial charge in [-0.15, -0.1) is 11.3 Å². The summed E-state index contributed by atoms with van der Waals surface area (Å²) < 4.78 is 54.1. The molecule has 1 aliphatic heterocycles. The Morgan fingerprint density at radius 2 is 2.11 bits per heavy atom. The molecule has 2 N–H and O–H groups in total. The van der Waals surface area contributed by atoms with Gasteiger partial charge in [-0.3, -0.25) is 9.69 Å². The van der Waals surface area contributed by atoms with Gasteiger partial charge in [-0.1, -0.05) is 6.92 Å². The Bertz CT molecular complexity index is 1020. The third-order valence-electron chi connectivity index (χ3n) is 4.78. The zero-order valence-electron chi connectivity index (χ0n) is 15.7. The van der Waals surface area contributed by atoms with Gasteiger partial charge in [0, 0.05) is 47.8 Å². The Labute approximate surface area is 166 Å². The number of aryl methyl sites for hydroxylation is 2. The molecule has 1 aliphatic rings. The Morgan fingerprint density at radius 3 is 2.75 bits per heavy atom. The molecule has 0 bridgehead atoms. The molecule has 3 heterocycles. The fourth-order valence-electron chi connectivity index (χ4n) is 3.20. The van der Waals surface area contributed by atoms with E-state index in [2.05, 4.69) is 9.71 Å². The highest BCUT2D eigenvalue weighted by Crippen LogP contribution is 2.32. The number of rotatable bonds is 7. The summed E-state index contributed by atoms with van der Waals surface area (Å²) in [6.45, 7) is 3.91. The number of H-pyrrole nitrogens is 1. The van der Waals surface area contributed by atoms with Crippen LogP contribution in [0.2, 0.25) is 0 Å². The number of aromatic amines is 1. The molecule has 2 aromatic heterocycles. The van der Waals surface area contributed by atoms with Crippen molar-refractivity contribution in [1.82, 2.24) is 14.6 Å². The van der Waals surface area contributed by atoms with Crippen LogP contribution in [0.5, 0.6) is 0 Å². The van der Waals surface area contributed by atoms with Crippen molar-refractivity contribution in [2.24, 2.45) is 0 Å². The van der Waals surface area contributed by atoms with Crippen LogP contribution in [0.3, 0.4) is 0 Å². The van der Waals surface area contributed by atoms with Crippen molar-refractivity contribution in [3.63, 3.8) is 0 Å². The van der Waals surface area contributed by atoms with E-state index in [4.69, 9.17) is 0 Å². The van der Waals surface area contributed by atoms with Gasteiger partial charge >= 0.3 is 0 Å². The number of thiophene rings is 1. The van der Waals surface area contributed by atoms with Crippen molar-refractivity contribution in [2.45, 2.75) is 36.8 Å². The first-order chi connectivity index (χ1) is 13.1. The van der Waals surface area contributed by atoms with Gasteiger partial charge in [-0.2, -0.15) is 0 Å². The first-order valence-electron chi connectivity index (χ1n) is 9.04. The van der Waals surface area contributed by atoms with Crippen molar-refractivity contribution >= 4 is 21.4 Å². The quantitative estimate of drug-likeness (QED) is 0.706. The Morgan fingerprint density at radius 1 is 1.36 bits per heavy atom. The maximum atomic E-state index is 13.2. The predicted octanol–water partition coefficient (Wildman–Crippen LogP) is 2.59. The van der Waals surface area contributed by atoms with Crippen molar-refractivity contribution in [1.29, 1.82) is 0 Å². The van der Waals surface area contributed by atoms with Crippen LogP contribution >= 0.6 is 11.3 Å². The minimum absolute atomic E-state index is 0.0727. The predicted molar refractivity (Wildman–Crippen MR) is 106 cm³/mol. The fraction of sp³-hybridized carbons (Fsp3) is 0.500. The molecule has 3 rings (SSSR count). The van der Waals surface area contributed by atoms with Crippen LogP contribution in [0.25, 0.3) is 10.4 Å². The van der Waals surface area contributed by atoms with E-state index in [1.54, 1.807) is 24.0 Å². The molecule has 10 heteroatoms. The number of sulfonamides is 1. The van der Waals surface area contributed by atoms with Gasteiger partial charge in [0.2, 0.25) is 10.0 Å². The number of nitrogens with zero attached hydrogens (tertiary/aromatic N) is 1. The van der Waals surface area contributed by atoms with Crippen LogP contribution in [0, 0.1) is 6.92 Å². The number of aromatic nitrogens is 1. The molecular weight excluding hydrogens is 408 g/mol. The van der Waals surface area contributed by atoms with E-state index in [9.17, 15) is 22.0 Å². The van der Waals surface area contributed by atoms with Gasteiger partial charge in [0.25, 0.3) is 11.5 Å². The number of hydrogen-bond donors (Lipinski definition) is 2. The van der Waals surface area contributed by atoms with Crippen molar-refractivity contribution < 1.29 is 17.2 Å². The van der Waals surface area contributed by atoms with Crippen molar-refractivity contribution in [3.8, 4) is 10.4 Å². The van der Waals surface area contributed by atoms with Crippen LogP contribution in [-0.2, 0) is 16.4 Å². The fourth-order valence-corrected chi connectivity index (χ4v) is 5.65. The van der Waals surface area contributed by atoms with Crippen molar-refractivity contribution in [3.05, 3.63) is 39.8 Å². The molecular formula is C18H23F2N3O3S2. The van der Waals surface area contributed by atoms with Crippen LogP contribution < -0.4 is 10.3 Å². The molecule has 1 saturated heterocycles. The lowest BCUT2D eigenvalue weighted by molar-refractivity contribution is 0.0125. The second-order valence-electron chi connectivity index (χ2n) is 6.91. The molecule has 0 saturated carbocycles. The lowest BCUT2D eigenvalue weighted by atomic mass is 10.1. The first-order valence-corrected chi connectivity index (χ1v) is 11.3. The highest BCUT2D eigenvalue weighted by molar-refractivity contribution is 7.91. The average Bonchev–Trinajstić information content (AvgIpc) is 3.22. The summed E-state index contributed by atoms with van der Waals surface area (Å²) in [7, 11) is -3.72. The first kappa shape index (κ1) is 21.1. The van der Waals surface area contributed by atoms with E-state index in [1.165, 1.54) is 6.07 Å². The third kappa shape index (κ3) is 4.68. The number of pyridine rings is 1. The number of halogens is 2. The molecule has 154 valence electrons. The van der Waals surface area contributed by atoms with Gasteiger partial charge in [0.05, 0.1) is 6.54 Å². The Hall–Kier alpha value is -1.62. The molecule has 0 spiro atoms. The van der Waals surface area contributed by atoms with Gasteiger partial charge < -0.3 is 4.98 Å². The molecule has 0 amide bonds. The summed E-state index contributed by atoms with van der Waals surface area (Å²) in [5, 5.41) is 0. The zero-order valence-corrected chi connectivity index (χ0v) is 17.4. The lowest BCUT2D eigenvalue weighted by Gasteiger charge is -2.15. The van der Waals surface area contributed by atoms with Crippen LogP contribution in [0.15, 0.2) is 27.2 Å². The molecule has 6 nitrogen and oxygen atoms in total. The maximum absolute atomic E-state index is 13.2. The minimum Gasteiger partial charge on any atom is -0.326 e. The zero-order chi connectivity index (χ0) is 20.5. The monoisotopic (exact) mass is 431 g/mol. The molecule has 28 heavy (non-hydrogen) atoms. The largest absolute Gasteiger partial charge is 0.326 e. The summed E-state index contributed by atoms with van der Waals surface area (Å²) in [4.78, 5) is 17.0.